The molecule has 0 heterocycles. The van der Waals surface area contributed by atoms with Crippen molar-refractivity contribution in [3.63, 3.8) is 0 Å². The number of hydrogen-bond donors (Lipinski definition) is 0. The average Bonchev–Trinajstić information content (AvgIpc) is 3.04. The monoisotopic (exact) mass is 389 g/mol. The molecule has 0 spiro atoms. The van der Waals surface area contributed by atoms with Crippen molar-refractivity contribution in [3.8, 4) is 11.1 Å². The fraction of sp³-hybridized carbons (Fsp3) is 0.107. The second-order valence-electron chi connectivity index (χ2n) is 8.04. The Hall–Kier alpha value is -3.65. The minimum absolute atomic E-state index is 0.103. The number of carbonyl (C=O) groups is 1. The molecule has 146 valence electrons. The predicted molar refractivity (Wildman–Crippen MR) is 124 cm³/mol. The maximum atomic E-state index is 13.1. The lowest BCUT2D eigenvalue weighted by atomic mass is 10.0. The minimum Gasteiger partial charge on any atom is -0.310 e. The molecule has 30 heavy (non-hydrogen) atoms. The number of nitrogens with zero attached hydrogens (tertiary/aromatic N) is 1. The minimum atomic E-state index is 0.103. The first-order valence-electron chi connectivity index (χ1n) is 10.2. The van der Waals surface area contributed by atoms with Crippen LogP contribution < -0.4 is 4.90 Å². The molecule has 0 saturated heterocycles. The van der Waals surface area contributed by atoms with Gasteiger partial charge in [-0.3, -0.25) is 4.79 Å². The summed E-state index contributed by atoms with van der Waals surface area (Å²) in [5.41, 5.74) is 10.5. The highest BCUT2D eigenvalue weighted by atomic mass is 16.1. The predicted octanol–water partition coefficient (Wildman–Crippen LogP) is 7.29. The van der Waals surface area contributed by atoms with Crippen LogP contribution in [0.2, 0.25) is 0 Å². The molecule has 0 atom stereocenters. The summed E-state index contributed by atoms with van der Waals surface area (Å²) in [6, 6.07) is 29.1. The summed E-state index contributed by atoms with van der Waals surface area (Å²) in [7, 11) is 0. The maximum absolute atomic E-state index is 13.1. The summed E-state index contributed by atoms with van der Waals surface area (Å²) in [5.74, 6) is 0.103. The molecule has 0 aromatic heterocycles. The first kappa shape index (κ1) is 18.4. The molecule has 5 rings (SSSR count). The van der Waals surface area contributed by atoms with Crippen molar-refractivity contribution in [1.82, 2.24) is 0 Å². The third-order valence-corrected chi connectivity index (χ3v) is 6.01. The molecule has 0 N–H and O–H groups in total. The second kappa shape index (κ2) is 7.00. The molecule has 0 amide bonds. The molecule has 2 heteroatoms. The van der Waals surface area contributed by atoms with Crippen LogP contribution in [0.15, 0.2) is 84.9 Å². The van der Waals surface area contributed by atoms with Crippen LogP contribution in [0, 0.1) is 20.8 Å². The van der Waals surface area contributed by atoms with Gasteiger partial charge in [-0.15, -0.1) is 0 Å². The highest BCUT2D eigenvalue weighted by Crippen LogP contribution is 2.42. The fourth-order valence-electron chi connectivity index (χ4n) is 4.16. The molecule has 2 nitrogen and oxygen atoms in total. The summed E-state index contributed by atoms with van der Waals surface area (Å²) in [5, 5.41) is 0. The van der Waals surface area contributed by atoms with Gasteiger partial charge in [-0.05, 0) is 79.4 Å². The van der Waals surface area contributed by atoms with Gasteiger partial charge in [-0.1, -0.05) is 54.1 Å². The number of hydrogen-bond acceptors (Lipinski definition) is 2. The molecular weight excluding hydrogens is 366 g/mol. The van der Waals surface area contributed by atoms with Crippen LogP contribution in [0.25, 0.3) is 11.1 Å². The van der Waals surface area contributed by atoms with E-state index >= 15 is 0 Å². The quantitative estimate of drug-likeness (QED) is 0.323. The van der Waals surface area contributed by atoms with Gasteiger partial charge in [0, 0.05) is 28.2 Å². The number of ketones is 1. The van der Waals surface area contributed by atoms with Gasteiger partial charge in [0.05, 0.1) is 0 Å². The van der Waals surface area contributed by atoms with Crippen LogP contribution in [0.1, 0.15) is 32.6 Å². The van der Waals surface area contributed by atoms with E-state index in [1.54, 1.807) is 0 Å². The third-order valence-electron chi connectivity index (χ3n) is 6.01. The Morgan fingerprint density at radius 2 is 1.13 bits per heavy atom. The Balaban J connectivity index is 1.68. The Morgan fingerprint density at radius 1 is 0.533 bits per heavy atom. The van der Waals surface area contributed by atoms with E-state index in [2.05, 4.69) is 80.3 Å². The van der Waals surface area contributed by atoms with E-state index in [0.29, 0.717) is 0 Å². The summed E-state index contributed by atoms with van der Waals surface area (Å²) >= 11 is 0. The summed E-state index contributed by atoms with van der Waals surface area (Å²) in [4.78, 5) is 15.3. The summed E-state index contributed by atoms with van der Waals surface area (Å²) in [6.07, 6.45) is 0. The van der Waals surface area contributed by atoms with Gasteiger partial charge in [-0.2, -0.15) is 0 Å². The van der Waals surface area contributed by atoms with Crippen LogP contribution in [0.3, 0.4) is 0 Å². The molecular formula is C28H23NO. The number of anilines is 3. The smallest absolute Gasteiger partial charge is 0.194 e. The van der Waals surface area contributed by atoms with Gasteiger partial charge in [0.25, 0.3) is 0 Å². The van der Waals surface area contributed by atoms with Crippen LogP contribution in [0.4, 0.5) is 17.1 Å². The van der Waals surface area contributed by atoms with E-state index < -0.39 is 0 Å². The first-order valence-corrected chi connectivity index (χ1v) is 10.2. The SMILES string of the molecule is Cc1ccc(N(c2ccc(C)c(C)c2)c2ccc3c(c2)C(=O)c2ccccc2-3)cc1. The fourth-order valence-corrected chi connectivity index (χ4v) is 4.16. The number of carbonyl (C=O) groups excluding carboxylic acids is 1. The van der Waals surface area contributed by atoms with Gasteiger partial charge >= 0.3 is 0 Å². The van der Waals surface area contributed by atoms with E-state index in [-0.39, 0.29) is 5.78 Å². The van der Waals surface area contributed by atoms with Crippen LogP contribution in [0.5, 0.6) is 0 Å². The Labute approximate surface area is 177 Å². The van der Waals surface area contributed by atoms with Crippen LogP contribution >= 0.6 is 0 Å². The van der Waals surface area contributed by atoms with Crippen LogP contribution in [-0.2, 0) is 0 Å². The van der Waals surface area contributed by atoms with Crippen LogP contribution in [-0.4, -0.2) is 5.78 Å². The number of benzene rings is 4. The van der Waals surface area contributed by atoms with Gasteiger partial charge in [0.1, 0.15) is 0 Å². The standard InChI is InChI=1S/C28H23NO/c1-18-8-11-21(12-9-18)29(22-13-10-19(2)20(3)16-22)23-14-15-25-24-6-4-5-7-26(24)28(30)27(25)17-23/h4-17H,1-3H3. The van der Waals surface area contributed by atoms with Gasteiger partial charge in [0.2, 0.25) is 0 Å². The van der Waals surface area contributed by atoms with Gasteiger partial charge < -0.3 is 4.90 Å². The van der Waals surface area contributed by atoms with E-state index in [1.807, 2.05) is 30.3 Å². The Morgan fingerprint density at radius 3 is 1.87 bits per heavy atom. The molecule has 1 aliphatic carbocycles. The zero-order chi connectivity index (χ0) is 20.8. The maximum Gasteiger partial charge on any atom is 0.194 e. The van der Waals surface area contributed by atoms with Crippen molar-refractivity contribution in [2.75, 3.05) is 4.90 Å². The lowest BCUT2D eigenvalue weighted by Crippen LogP contribution is -2.11. The van der Waals surface area contributed by atoms with Crippen molar-refractivity contribution < 1.29 is 4.79 Å². The summed E-state index contributed by atoms with van der Waals surface area (Å²) < 4.78 is 0. The molecule has 0 fully saturated rings. The zero-order valence-corrected chi connectivity index (χ0v) is 17.4. The molecule has 4 aromatic rings. The molecule has 1 aliphatic rings. The average molecular weight is 389 g/mol. The molecule has 4 aromatic carbocycles. The zero-order valence-electron chi connectivity index (χ0n) is 17.4. The number of aryl methyl sites for hydroxylation is 3. The molecule has 0 aliphatic heterocycles. The van der Waals surface area contributed by atoms with Crippen molar-refractivity contribution in [2.45, 2.75) is 20.8 Å². The topological polar surface area (TPSA) is 20.3 Å². The van der Waals surface area contributed by atoms with Gasteiger partial charge in [-0.25, -0.2) is 0 Å². The normalized spacial score (nSPS) is 11.9. The number of fused-ring (bicyclic) bond motifs is 3. The van der Waals surface area contributed by atoms with E-state index in [0.717, 1.165) is 39.3 Å². The van der Waals surface area contributed by atoms with Crippen molar-refractivity contribution in [1.29, 1.82) is 0 Å². The number of rotatable bonds is 3. The lowest BCUT2D eigenvalue weighted by Gasteiger charge is -2.26. The molecule has 0 unspecified atom stereocenters. The Kier molecular flexibility index (Phi) is 4.29. The highest BCUT2D eigenvalue weighted by Gasteiger charge is 2.27. The molecule has 0 bridgehead atoms. The summed E-state index contributed by atoms with van der Waals surface area (Å²) in [6.45, 7) is 6.35. The van der Waals surface area contributed by atoms with Crippen molar-refractivity contribution >= 4 is 22.8 Å². The van der Waals surface area contributed by atoms with Crippen molar-refractivity contribution in [2.24, 2.45) is 0 Å². The second-order valence-corrected chi connectivity index (χ2v) is 8.04. The van der Waals surface area contributed by atoms with Crippen molar-refractivity contribution in [3.05, 3.63) is 113 Å². The van der Waals surface area contributed by atoms with E-state index in [4.69, 9.17) is 0 Å². The molecule has 0 radical (unpaired) electrons. The van der Waals surface area contributed by atoms with E-state index in [1.165, 1.54) is 16.7 Å². The third kappa shape index (κ3) is 2.93. The first-order chi connectivity index (χ1) is 14.5. The lowest BCUT2D eigenvalue weighted by molar-refractivity contribution is 0.104. The Bertz CT molecular complexity index is 1280. The highest BCUT2D eigenvalue weighted by molar-refractivity contribution is 6.22. The van der Waals surface area contributed by atoms with E-state index in [9.17, 15) is 4.79 Å². The van der Waals surface area contributed by atoms with Gasteiger partial charge in [0.15, 0.2) is 5.78 Å². The molecule has 0 saturated carbocycles. The largest absolute Gasteiger partial charge is 0.310 e.